The van der Waals surface area contributed by atoms with Crippen LogP contribution >= 0.6 is 0 Å². The first-order valence-electron chi connectivity index (χ1n) is 9.17. The van der Waals surface area contributed by atoms with Gasteiger partial charge in [0, 0.05) is 24.7 Å². The highest BCUT2D eigenvalue weighted by Crippen LogP contribution is 2.24. The molecule has 1 atom stereocenters. The molecule has 1 aliphatic heterocycles. The number of benzene rings is 1. The number of hydrogen-bond donors (Lipinski definition) is 2. The summed E-state index contributed by atoms with van der Waals surface area (Å²) in [5, 5.41) is 6.04. The number of nitrogens with zero attached hydrogens (tertiary/aromatic N) is 1. The molecule has 3 rings (SSSR count). The van der Waals surface area contributed by atoms with Crippen molar-refractivity contribution in [2.24, 2.45) is 0 Å². The third-order valence-electron chi connectivity index (χ3n) is 5.03. The lowest BCUT2D eigenvalue weighted by molar-refractivity contribution is -0.117. The minimum atomic E-state index is -0.152. The van der Waals surface area contributed by atoms with Crippen molar-refractivity contribution in [3.63, 3.8) is 0 Å². The summed E-state index contributed by atoms with van der Waals surface area (Å²) in [7, 11) is 1.61. The second-order valence-electron chi connectivity index (χ2n) is 6.91. The minimum absolute atomic E-state index is 0.0323. The molecule has 2 aliphatic rings. The molecule has 6 nitrogen and oxygen atoms in total. The molecule has 0 spiro atoms. The third-order valence-corrected chi connectivity index (χ3v) is 5.03. The van der Waals surface area contributed by atoms with Crippen molar-refractivity contribution in [1.82, 2.24) is 10.6 Å². The summed E-state index contributed by atoms with van der Waals surface area (Å²) in [6.07, 6.45) is 7.31. The first-order valence-corrected chi connectivity index (χ1v) is 9.17. The zero-order valence-corrected chi connectivity index (χ0v) is 14.8. The van der Waals surface area contributed by atoms with E-state index in [-0.39, 0.29) is 24.0 Å². The number of methoxy groups -OCH3 is 1. The first-order chi connectivity index (χ1) is 12.2. The van der Waals surface area contributed by atoms with E-state index in [0.717, 1.165) is 24.3 Å². The Kier molecular flexibility index (Phi) is 5.79. The number of anilines is 1. The van der Waals surface area contributed by atoms with Gasteiger partial charge < -0.3 is 20.3 Å². The van der Waals surface area contributed by atoms with Crippen LogP contribution < -0.4 is 20.3 Å². The van der Waals surface area contributed by atoms with Crippen LogP contribution in [0.15, 0.2) is 24.3 Å². The number of nitrogens with one attached hydrogen (secondary N) is 2. The summed E-state index contributed by atoms with van der Waals surface area (Å²) in [5.74, 6) is 0.790. The van der Waals surface area contributed by atoms with Gasteiger partial charge in [0.05, 0.1) is 13.2 Å². The Balaban J connectivity index is 1.52. The molecule has 1 heterocycles. The van der Waals surface area contributed by atoms with Crippen LogP contribution in [0.25, 0.3) is 0 Å². The van der Waals surface area contributed by atoms with Crippen LogP contribution in [-0.4, -0.2) is 37.7 Å². The van der Waals surface area contributed by atoms with E-state index < -0.39 is 0 Å². The van der Waals surface area contributed by atoms with E-state index >= 15 is 0 Å². The Morgan fingerprint density at radius 2 is 1.68 bits per heavy atom. The van der Waals surface area contributed by atoms with E-state index in [4.69, 9.17) is 4.74 Å². The second kappa shape index (κ2) is 8.23. The lowest BCUT2D eigenvalue weighted by Gasteiger charge is -2.20. The molecule has 1 aromatic rings. The number of hydrogen-bond acceptors (Lipinski definition) is 3. The molecule has 6 heteroatoms. The summed E-state index contributed by atoms with van der Waals surface area (Å²) in [4.78, 5) is 26.2. The van der Waals surface area contributed by atoms with E-state index in [1.165, 1.54) is 25.7 Å². The molecule has 1 saturated heterocycles. The zero-order valence-electron chi connectivity index (χ0n) is 14.8. The van der Waals surface area contributed by atoms with Gasteiger partial charge in [-0.15, -0.1) is 0 Å². The van der Waals surface area contributed by atoms with E-state index in [9.17, 15) is 9.59 Å². The maximum Gasteiger partial charge on any atom is 0.315 e. The van der Waals surface area contributed by atoms with Crippen molar-refractivity contribution in [3.8, 4) is 5.75 Å². The summed E-state index contributed by atoms with van der Waals surface area (Å²) >= 11 is 0. The van der Waals surface area contributed by atoms with Gasteiger partial charge in [0.2, 0.25) is 5.91 Å². The molecular weight excluding hydrogens is 318 g/mol. The maximum atomic E-state index is 12.3. The van der Waals surface area contributed by atoms with E-state index in [1.807, 2.05) is 24.3 Å². The predicted molar refractivity (Wildman–Crippen MR) is 96.9 cm³/mol. The van der Waals surface area contributed by atoms with E-state index in [1.54, 1.807) is 12.0 Å². The second-order valence-corrected chi connectivity index (χ2v) is 6.91. The first kappa shape index (κ1) is 17.6. The van der Waals surface area contributed by atoms with Crippen molar-refractivity contribution in [2.75, 3.05) is 18.6 Å². The molecular formula is C19H27N3O3. The SMILES string of the molecule is COc1ccc(N2CC(NC(=O)NC3CCCCCC3)CC2=O)cc1. The molecule has 1 aromatic carbocycles. The number of rotatable bonds is 4. The van der Waals surface area contributed by atoms with Crippen LogP contribution in [0.5, 0.6) is 5.75 Å². The van der Waals surface area contributed by atoms with Gasteiger partial charge in [0.15, 0.2) is 0 Å². The molecule has 0 bridgehead atoms. The largest absolute Gasteiger partial charge is 0.497 e. The maximum absolute atomic E-state index is 12.3. The smallest absolute Gasteiger partial charge is 0.315 e. The third kappa shape index (κ3) is 4.65. The van der Waals surface area contributed by atoms with Gasteiger partial charge in [-0.1, -0.05) is 25.7 Å². The van der Waals surface area contributed by atoms with Gasteiger partial charge >= 0.3 is 6.03 Å². The van der Waals surface area contributed by atoms with Crippen molar-refractivity contribution < 1.29 is 14.3 Å². The van der Waals surface area contributed by atoms with Crippen LogP contribution in [0.1, 0.15) is 44.9 Å². The van der Waals surface area contributed by atoms with Crippen LogP contribution in [-0.2, 0) is 4.79 Å². The molecule has 3 amide bonds. The van der Waals surface area contributed by atoms with Crippen molar-refractivity contribution in [2.45, 2.75) is 57.0 Å². The van der Waals surface area contributed by atoms with Gasteiger partial charge in [-0.2, -0.15) is 0 Å². The van der Waals surface area contributed by atoms with Gasteiger partial charge in [-0.3, -0.25) is 4.79 Å². The average Bonchev–Trinajstić information content (AvgIpc) is 2.81. The standard InChI is InChI=1S/C19H27N3O3/c1-25-17-10-8-16(9-11-17)22-13-15(12-18(22)23)21-19(24)20-14-6-4-2-3-5-7-14/h8-11,14-15H,2-7,12-13H2,1H3,(H2,20,21,24). The Hall–Kier alpha value is -2.24. The number of carbonyl (C=O) groups excluding carboxylic acids is 2. The Morgan fingerprint density at radius 1 is 1.04 bits per heavy atom. The van der Waals surface area contributed by atoms with Crippen molar-refractivity contribution >= 4 is 17.6 Å². The number of carbonyl (C=O) groups is 2. The molecule has 1 aliphatic carbocycles. The summed E-state index contributed by atoms with van der Waals surface area (Å²) in [5.41, 5.74) is 0.833. The number of amides is 3. The summed E-state index contributed by atoms with van der Waals surface area (Å²) in [6, 6.07) is 7.36. The van der Waals surface area contributed by atoms with E-state index in [2.05, 4.69) is 10.6 Å². The molecule has 2 fully saturated rings. The number of ether oxygens (including phenoxy) is 1. The summed E-state index contributed by atoms with van der Waals surface area (Å²) in [6.45, 7) is 0.503. The summed E-state index contributed by atoms with van der Waals surface area (Å²) < 4.78 is 5.14. The van der Waals surface area contributed by atoms with E-state index in [0.29, 0.717) is 13.0 Å². The molecule has 136 valence electrons. The highest BCUT2D eigenvalue weighted by Gasteiger charge is 2.31. The lowest BCUT2D eigenvalue weighted by Crippen LogP contribution is -2.47. The molecule has 0 radical (unpaired) electrons. The van der Waals surface area contributed by atoms with Crippen molar-refractivity contribution in [3.05, 3.63) is 24.3 Å². The Morgan fingerprint density at radius 3 is 2.32 bits per heavy atom. The monoisotopic (exact) mass is 345 g/mol. The molecule has 1 saturated carbocycles. The molecule has 2 N–H and O–H groups in total. The highest BCUT2D eigenvalue weighted by molar-refractivity contribution is 5.96. The van der Waals surface area contributed by atoms with Gasteiger partial charge in [-0.05, 0) is 37.1 Å². The Labute approximate surface area is 148 Å². The molecule has 25 heavy (non-hydrogen) atoms. The zero-order chi connectivity index (χ0) is 17.6. The van der Waals surface area contributed by atoms with Gasteiger partial charge in [0.1, 0.15) is 5.75 Å². The van der Waals surface area contributed by atoms with Crippen LogP contribution in [0.3, 0.4) is 0 Å². The van der Waals surface area contributed by atoms with Gasteiger partial charge in [-0.25, -0.2) is 4.79 Å². The van der Waals surface area contributed by atoms with Gasteiger partial charge in [0.25, 0.3) is 0 Å². The molecule has 1 unspecified atom stereocenters. The van der Waals surface area contributed by atoms with Crippen LogP contribution in [0, 0.1) is 0 Å². The highest BCUT2D eigenvalue weighted by atomic mass is 16.5. The van der Waals surface area contributed by atoms with Crippen LogP contribution in [0.2, 0.25) is 0 Å². The molecule has 0 aromatic heterocycles. The normalized spacial score (nSPS) is 21.7. The fourth-order valence-corrected chi connectivity index (χ4v) is 3.65. The van der Waals surface area contributed by atoms with Crippen LogP contribution in [0.4, 0.5) is 10.5 Å². The average molecular weight is 345 g/mol. The fourth-order valence-electron chi connectivity index (χ4n) is 3.65. The topological polar surface area (TPSA) is 70.7 Å². The Bertz CT molecular complexity index is 594. The quantitative estimate of drug-likeness (QED) is 0.825. The lowest BCUT2D eigenvalue weighted by atomic mass is 10.1. The fraction of sp³-hybridized carbons (Fsp3) is 0.579. The minimum Gasteiger partial charge on any atom is -0.497 e. The predicted octanol–water partition coefficient (Wildman–Crippen LogP) is 2.82. The van der Waals surface area contributed by atoms with Crippen molar-refractivity contribution in [1.29, 1.82) is 0 Å². The number of urea groups is 1.